The summed E-state index contributed by atoms with van der Waals surface area (Å²) in [5.74, 6) is 0.896. The van der Waals surface area contributed by atoms with Gasteiger partial charge < -0.3 is 19.7 Å². The summed E-state index contributed by atoms with van der Waals surface area (Å²) in [7, 11) is 0. The van der Waals surface area contributed by atoms with Crippen LogP contribution in [0.1, 0.15) is 38.0 Å². The van der Waals surface area contributed by atoms with Crippen LogP contribution in [0.25, 0.3) is 0 Å². The van der Waals surface area contributed by atoms with Crippen molar-refractivity contribution in [1.29, 1.82) is 0 Å². The molecule has 2 amide bonds. The molecule has 2 rings (SSSR count). The van der Waals surface area contributed by atoms with E-state index in [1.807, 2.05) is 19.1 Å². The lowest BCUT2D eigenvalue weighted by Crippen LogP contribution is -2.46. The Hall–Kier alpha value is -1.53. The fourth-order valence-electron chi connectivity index (χ4n) is 2.94. The van der Waals surface area contributed by atoms with Crippen molar-refractivity contribution in [3.05, 3.63) is 24.2 Å². The molecule has 1 aromatic rings. The highest BCUT2D eigenvalue weighted by Crippen LogP contribution is 2.24. The van der Waals surface area contributed by atoms with Gasteiger partial charge in [0.05, 0.1) is 18.9 Å². The third kappa shape index (κ3) is 4.48. The number of rotatable bonds is 7. The lowest BCUT2D eigenvalue weighted by atomic mass is 10.1. The molecule has 1 atom stereocenters. The summed E-state index contributed by atoms with van der Waals surface area (Å²) in [5.41, 5.74) is 0. The van der Waals surface area contributed by atoms with Crippen LogP contribution in [0.5, 0.6) is 0 Å². The van der Waals surface area contributed by atoms with Crippen LogP contribution in [0.4, 0.5) is 4.79 Å². The van der Waals surface area contributed by atoms with Crippen molar-refractivity contribution in [2.75, 3.05) is 39.3 Å². The molecular weight excluding hydrogens is 282 g/mol. The summed E-state index contributed by atoms with van der Waals surface area (Å²) in [6.45, 7) is 5.43. The second kappa shape index (κ2) is 8.80. The number of likely N-dealkylation sites (tertiary alicyclic amines) is 1. The minimum atomic E-state index is -0.134. The van der Waals surface area contributed by atoms with E-state index in [0.29, 0.717) is 19.6 Å². The minimum absolute atomic E-state index is 0.0189. The third-order valence-corrected chi connectivity index (χ3v) is 4.19. The number of nitrogens with one attached hydrogen (secondary N) is 1. The van der Waals surface area contributed by atoms with Gasteiger partial charge in [-0.25, -0.2) is 4.79 Å². The highest BCUT2D eigenvalue weighted by molar-refractivity contribution is 5.74. The summed E-state index contributed by atoms with van der Waals surface area (Å²) in [5, 5.41) is 12.0. The van der Waals surface area contributed by atoms with Crippen molar-refractivity contribution in [3.63, 3.8) is 0 Å². The largest absolute Gasteiger partial charge is 0.468 e. The zero-order chi connectivity index (χ0) is 15.8. The number of furan rings is 1. The number of aliphatic hydroxyl groups is 1. The van der Waals surface area contributed by atoms with Crippen molar-refractivity contribution in [2.45, 2.75) is 32.2 Å². The number of carbonyl (C=O) groups is 1. The molecule has 0 aliphatic carbocycles. The van der Waals surface area contributed by atoms with Crippen molar-refractivity contribution in [1.82, 2.24) is 15.1 Å². The molecule has 1 aliphatic rings. The quantitative estimate of drug-likeness (QED) is 0.806. The first-order valence-corrected chi connectivity index (χ1v) is 8.17. The van der Waals surface area contributed by atoms with Gasteiger partial charge in [0.2, 0.25) is 0 Å². The Morgan fingerprint density at radius 2 is 2.23 bits per heavy atom. The predicted molar refractivity (Wildman–Crippen MR) is 84.6 cm³/mol. The van der Waals surface area contributed by atoms with E-state index in [1.54, 1.807) is 11.2 Å². The topological polar surface area (TPSA) is 69.0 Å². The van der Waals surface area contributed by atoms with Crippen LogP contribution in [0.15, 0.2) is 22.8 Å². The molecular formula is C16H27N3O3. The van der Waals surface area contributed by atoms with Gasteiger partial charge >= 0.3 is 6.03 Å². The van der Waals surface area contributed by atoms with E-state index < -0.39 is 0 Å². The standard InChI is InChI=1S/C16H27N3O3/c1-2-18(10-11-20)16(21)17-13-14(15-7-6-12-22-15)19-8-4-3-5-9-19/h6-7,12,14,20H,2-5,8-11,13H2,1H3,(H,17,21)/t14-/m0/s1. The number of urea groups is 1. The molecule has 0 unspecified atom stereocenters. The number of aliphatic hydroxyl groups excluding tert-OH is 1. The van der Waals surface area contributed by atoms with Gasteiger partial charge in [-0.3, -0.25) is 4.90 Å². The zero-order valence-corrected chi connectivity index (χ0v) is 13.3. The van der Waals surface area contributed by atoms with Crippen LogP contribution in [0, 0.1) is 0 Å². The normalized spacial score (nSPS) is 17.2. The van der Waals surface area contributed by atoms with Gasteiger partial charge in [-0.05, 0) is 45.0 Å². The summed E-state index contributed by atoms with van der Waals surface area (Å²) >= 11 is 0. The average Bonchev–Trinajstić information content (AvgIpc) is 3.08. The van der Waals surface area contributed by atoms with Gasteiger partial charge in [-0.2, -0.15) is 0 Å². The van der Waals surface area contributed by atoms with Crippen LogP contribution in [-0.4, -0.2) is 60.3 Å². The second-order valence-electron chi connectivity index (χ2n) is 5.62. The maximum absolute atomic E-state index is 12.2. The van der Waals surface area contributed by atoms with E-state index in [0.717, 1.165) is 18.8 Å². The molecule has 0 aromatic carbocycles. The van der Waals surface area contributed by atoms with Gasteiger partial charge in [0.25, 0.3) is 0 Å². The molecule has 1 aliphatic heterocycles. The predicted octanol–water partition coefficient (Wildman–Crippen LogP) is 1.83. The van der Waals surface area contributed by atoms with Crippen molar-refractivity contribution < 1.29 is 14.3 Å². The molecule has 1 saturated heterocycles. The number of carbonyl (C=O) groups excluding carboxylic acids is 1. The van der Waals surface area contributed by atoms with Crippen molar-refractivity contribution >= 4 is 6.03 Å². The maximum Gasteiger partial charge on any atom is 0.317 e. The number of likely N-dealkylation sites (N-methyl/N-ethyl adjacent to an activating group) is 1. The Morgan fingerprint density at radius 1 is 1.45 bits per heavy atom. The minimum Gasteiger partial charge on any atom is -0.468 e. The Bertz CT molecular complexity index is 430. The molecule has 2 heterocycles. The molecule has 1 aromatic heterocycles. The van der Waals surface area contributed by atoms with Gasteiger partial charge in [-0.15, -0.1) is 0 Å². The van der Waals surface area contributed by atoms with Crippen LogP contribution in [-0.2, 0) is 0 Å². The molecule has 2 N–H and O–H groups in total. The molecule has 0 spiro atoms. The van der Waals surface area contributed by atoms with Crippen LogP contribution >= 0.6 is 0 Å². The summed E-state index contributed by atoms with van der Waals surface area (Å²) in [6, 6.07) is 3.80. The number of nitrogens with zero attached hydrogens (tertiary/aromatic N) is 2. The number of amides is 2. The van der Waals surface area contributed by atoms with Gasteiger partial charge in [0.15, 0.2) is 0 Å². The summed E-state index contributed by atoms with van der Waals surface area (Å²) in [4.78, 5) is 16.2. The first kappa shape index (κ1) is 16.8. The average molecular weight is 309 g/mol. The summed E-state index contributed by atoms with van der Waals surface area (Å²) in [6.07, 6.45) is 5.33. The Morgan fingerprint density at radius 3 is 2.82 bits per heavy atom. The lowest BCUT2D eigenvalue weighted by molar-refractivity contribution is 0.138. The molecule has 6 nitrogen and oxygen atoms in total. The number of hydrogen-bond donors (Lipinski definition) is 2. The Labute approximate surface area is 132 Å². The Balaban J connectivity index is 1.96. The van der Waals surface area contributed by atoms with E-state index in [2.05, 4.69) is 10.2 Å². The van der Waals surface area contributed by atoms with Crippen molar-refractivity contribution in [2.24, 2.45) is 0 Å². The molecule has 22 heavy (non-hydrogen) atoms. The first-order chi connectivity index (χ1) is 10.8. The molecule has 1 fully saturated rings. The van der Waals surface area contributed by atoms with Gasteiger partial charge in [-0.1, -0.05) is 6.42 Å². The number of hydrogen-bond acceptors (Lipinski definition) is 4. The molecule has 124 valence electrons. The highest BCUT2D eigenvalue weighted by Gasteiger charge is 2.25. The van der Waals surface area contributed by atoms with E-state index in [9.17, 15) is 4.79 Å². The first-order valence-electron chi connectivity index (χ1n) is 8.17. The number of piperidine rings is 1. The molecule has 0 bridgehead atoms. The molecule has 0 radical (unpaired) electrons. The maximum atomic E-state index is 12.2. The van der Waals surface area contributed by atoms with Crippen molar-refractivity contribution in [3.8, 4) is 0 Å². The van der Waals surface area contributed by atoms with Gasteiger partial charge in [0.1, 0.15) is 5.76 Å². The monoisotopic (exact) mass is 309 g/mol. The van der Waals surface area contributed by atoms with E-state index in [-0.39, 0.29) is 18.7 Å². The fourth-order valence-corrected chi connectivity index (χ4v) is 2.94. The van der Waals surface area contributed by atoms with E-state index in [1.165, 1.54) is 19.3 Å². The van der Waals surface area contributed by atoms with E-state index >= 15 is 0 Å². The molecule has 6 heteroatoms. The lowest BCUT2D eigenvalue weighted by Gasteiger charge is -2.34. The van der Waals surface area contributed by atoms with E-state index in [4.69, 9.17) is 9.52 Å². The zero-order valence-electron chi connectivity index (χ0n) is 13.3. The summed E-state index contributed by atoms with van der Waals surface area (Å²) < 4.78 is 5.57. The van der Waals surface area contributed by atoms with Crippen LogP contribution < -0.4 is 5.32 Å². The van der Waals surface area contributed by atoms with Gasteiger partial charge in [0, 0.05) is 19.6 Å². The smallest absolute Gasteiger partial charge is 0.317 e. The second-order valence-corrected chi connectivity index (χ2v) is 5.62. The third-order valence-electron chi connectivity index (χ3n) is 4.19. The van der Waals surface area contributed by atoms with Crippen LogP contribution in [0.2, 0.25) is 0 Å². The fraction of sp³-hybridized carbons (Fsp3) is 0.688. The SMILES string of the molecule is CCN(CCO)C(=O)NC[C@@H](c1ccco1)N1CCCCC1. The molecule has 0 saturated carbocycles. The Kier molecular flexibility index (Phi) is 6.74. The van der Waals surface area contributed by atoms with Crippen LogP contribution in [0.3, 0.4) is 0 Å². The highest BCUT2D eigenvalue weighted by atomic mass is 16.3.